The largest absolute Gasteiger partial charge is 0.358 e. The van der Waals surface area contributed by atoms with Gasteiger partial charge in [-0.05, 0) is 19.1 Å². The van der Waals surface area contributed by atoms with E-state index in [0.29, 0.717) is 0 Å². The number of ketones is 1. The van der Waals surface area contributed by atoms with Crippen LogP contribution in [0.15, 0.2) is 36.5 Å². The van der Waals surface area contributed by atoms with Crippen molar-refractivity contribution in [2.75, 3.05) is 0 Å². The zero-order chi connectivity index (χ0) is 13.4. The molecule has 4 heteroatoms. The lowest BCUT2D eigenvalue weighted by molar-refractivity contribution is 0.100. The highest BCUT2D eigenvalue weighted by Gasteiger charge is 2.13. The molecule has 1 N–H and O–H groups in total. The Labute approximate surface area is 110 Å². The standard InChI is InChI=1S/C15H13N3O/c1-9-14(11-5-3-4-6-12(11)17-9)13-7-8-16-15(18-13)10(2)19/h3-8,17H,1-2H3. The van der Waals surface area contributed by atoms with E-state index in [1.54, 1.807) is 6.20 Å². The molecule has 4 nitrogen and oxygen atoms in total. The summed E-state index contributed by atoms with van der Waals surface area (Å²) in [7, 11) is 0. The van der Waals surface area contributed by atoms with Gasteiger partial charge in [-0.1, -0.05) is 18.2 Å². The van der Waals surface area contributed by atoms with Gasteiger partial charge in [-0.25, -0.2) is 9.97 Å². The van der Waals surface area contributed by atoms with Crippen LogP contribution in [0.4, 0.5) is 0 Å². The number of carbonyl (C=O) groups is 1. The first kappa shape index (κ1) is 11.6. The highest BCUT2D eigenvalue weighted by atomic mass is 16.1. The Morgan fingerprint density at radius 2 is 2.00 bits per heavy atom. The molecule has 3 rings (SSSR count). The molecule has 0 aliphatic rings. The van der Waals surface area contributed by atoms with Gasteiger partial charge < -0.3 is 4.98 Å². The van der Waals surface area contributed by atoms with Crippen LogP contribution in [0.5, 0.6) is 0 Å². The Balaban J connectivity index is 2.27. The number of rotatable bonds is 2. The van der Waals surface area contributed by atoms with Crippen molar-refractivity contribution in [1.82, 2.24) is 15.0 Å². The predicted octanol–water partition coefficient (Wildman–Crippen LogP) is 3.14. The van der Waals surface area contributed by atoms with Gasteiger partial charge in [0.2, 0.25) is 0 Å². The SMILES string of the molecule is CC(=O)c1nccc(-c2c(C)[nH]c3ccccc23)n1. The molecule has 3 aromatic rings. The van der Waals surface area contributed by atoms with Crippen LogP contribution in [0.25, 0.3) is 22.2 Å². The molecule has 0 amide bonds. The second-order valence-corrected chi connectivity index (χ2v) is 4.49. The number of aromatic amines is 1. The minimum absolute atomic E-state index is 0.126. The van der Waals surface area contributed by atoms with Crippen LogP contribution in [-0.4, -0.2) is 20.7 Å². The molecule has 0 radical (unpaired) electrons. The van der Waals surface area contributed by atoms with Crippen molar-refractivity contribution in [3.05, 3.63) is 48.0 Å². The summed E-state index contributed by atoms with van der Waals surface area (Å²) in [5, 5.41) is 1.10. The number of Topliss-reactive ketones (excluding diaryl/α,β-unsaturated/α-hetero) is 1. The summed E-state index contributed by atoms with van der Waals surface area (Å²) in [6.45, 7) is 3.48. The summed E-state index contributed by atoms with van der Waals surface area (Å²) >= 11 is 0. The molecule has 2 aromatic heterocycles. The fourth-order valence-corrected chi connectivity index (χ4v) is 2.27. The lowest BCUT2D eigenvalue weighted by Gasteiger charge is -2.02. The number of aryl methyl sites for hydroxylation is 1. The molecule has 0 atom stereocenters. The summed E-state index contributed by atoms with van der Waals surface area (Å²) in [5.74, 6) is 0.126. The zero-order valence-electron chi connectivity index (χ0n) is 10.8. The van der Waals surface area contributed by atoms with Crippen LogP contribution in [0.2, 0.25) is 0 Å². The molecule has 0 aliphatic heterocycles. The fourth-order valence-electron chi connectivity index (χ4n) is 2.27. The van der Waals surface area contributed by atoms with Gasteiger partial charge in [0.1, 0.15) is 0 Å². The highest BCUT2D eigenvalue weighted by Crippen LogP contribution is 2.30. The average Bonchev–Trinajstić information content (AvgIpc) is 2.74. The van der Waals surface area contributed by atoms with Gasteiger partial charge in [0, 0.05) is 35.3 Å². The van der Waals surface area contributed by atoms with E-state index in [2.05, 4.69) is 15.0 Å². The number of aromatic nitrogens is 3. The van der Waals surface area contributed by atoms with Gasteiger partial charge in [0.15, 0.2) is 11.6 Å². The summed E-state index contributed by atoms with van der Waals surface area (Å²) in [6.07, 6.45) is 1.63. The van der Waals surface area contributed by atoms with Crippen LogP contribution in [0.3, 0.4) is 0 Å². The maximum atomic E-state index is 11.4. The number of para-hydroxylation sites is 1. The average molecular weight is 251 g/mol. The molecule has 2 heterocycles. The summed E-state index contributed by atoms with van der Waals surface area (Å²) in [6, 6.07) is 9.88. The van der Waals surface area contributed by atoms with Crippen LogP contribution in [0, 0.1) is 6.92 Å². The maximum Gasteiger partial charge on any atom is 0.196 e. The van der Waals surface area contributed by atoms with E-state index >= 15 is 0 Å². The van der Waals surface area contributed by atoms with Crippen molar-refractivity contribution in [2.24, 2.45) is 0 Å². The second kappa shape index (κ2) is 4.31. The van der Waals surface area contributed by atoms with Gasteiger partial charge in [-0.2, -0.15) is 0 Å². The molecule has 0 spiro atoms. The smallest absolute Gasteiger partial charge is 0.196 e. The van der Waals surface area contributed by atoms with E-state index in [1.807, 2.05) is 37.3 Å². The van der Waals surface area contributed by atoms with E-state index in [0.717, 1.165) is 27.9 Å². The number of H-pyrrole nitrogens is 1. The number of nitrogens with one attached hydrogen (secondary N) is 1. The summed E-state index contributed by atoms with van der Waals surface area (Å²) < 4.78 is 0. The van der Waals surface area contributed by atoms with E-state index in [4.69, 9.17) is 0 Å². The molecule has 0 saturated carbocycles. The molecule has 0 fully saturated rings. The van der Waals surface area contributed by atoms with Crippen molar-refractivity contribution in [2.45, 2.75) is 13.8 Å². The first-order chi connectivity index (χ1) is 9.16. The summed E-state index contributed by atoms with van der Waals surface area (Å²) in [5.41, 5.74) is 3.91. The lowest BCUT2D eigenvalue weighted by atomic mass is 10.1. The summed E-state index contributed by atoms with van der Waals surface area (Å²) in [4.78, 5) is 23.0. The molecule has 0 aliphatic carbocycles. The third kappa shape index (κ3) is 1.91. The van der Waals surface area contributed by atoms with E-state index in [9.17, 15) is 4.79 Å². The molecule has 19 heavy (non-hydrogen) atoms. The predicted molar refractivity (Wildman–Crippen MR) is 74.1 cm³/mol. The first-order valence-corrected chi connectivity index (χ1v) is 6.08. The molecule has 0 unspecified atom stereocenters. The zero-order valence-corrected chi connectivity index (χ0v) is 10.8. The third-order valence-electron chi connectivity index (χ3n) is 3.12. The van der Waals surface area contributed by atoms with Crippen molar-refractivity contribution >= 4 is 16.7 Å². The lowest BCUT2D eigenvalue weighted by Crippen LogP contribution is -2.01. The van der Waals surface area contributed by atoms with Gasteiger partial charge in [0.25, 0.3) is 0 Å². The number of nitrogens with zero attached hydrogens (tertiary/aromatic N) is 2. The van der Waals surface area contributed by atoms with Crippen molar-refractivity contribution in [3.8, 4) is 11.3 Å². The van der Waals surface area contributed by atoms with Gasteiger partial charge in [0.05, 0.1) is 5.69 Å². The Hall–Kier alpha value is -2.49. The normalized spacial score (nSPS) is 10.8. The van der Waals surface area contributed by atoms with Crippen molar-refractivity contribution in [3.63, 3.8) is 0 Å². The minimum Gasteiger partial charge on any atom is -0.358 e. The molecule has 94 valence electrons. The maximum absolute atomic E-state index is 11.4. The van der Waals surface area contributed by atoms with Crippen molar-refractivity contribution in [1.29, 1.82) is 0 Å². The first-order valence-electron chi connectivity index (χ1n) is 6.08. The Morgan fingerprint density at radius 1 is 1.21 bits per heavy atom. The third-order valence-corrected chi connectivity index (χ3v) is 3.12. The fraction of sp³-hybridized carbons (Fsp3) is 0.133. The molecule has 0 bridgehead atoms. The van der Waals surface area contributed by atoms with Crippen molar-refractivity contribution < 1.29 is 4.79 Å². The van der Waals surface area contributed by atoms with Gasteiger partial charge in [-0.3, -0.25) is 4.79 Å². The Kier molecular flexibility index (Phi) is 2.63. The van der Waals surface area contributed by atoms with Crippen LogP contribution >= 0.6 is 0 Å². The monoisotopic (exact) mass is 251 g/mol. The molecule has 1 aromatic carbocycles. The minimum atomic E-state index is -0.126. The van der Waals surface area contributed by atoms with E-state index in [-0.39, 0.29) is 11.6 Å². The number of hydrogen-bond acceptors (Lipinski definition) is 3. The topological polar surface area (TPSA) is 58.6 Å². The van der Waals surface area contributed by atoms with Gasteiger partial charge >= 0.3 is 0 Å². The van der Waals surface area contributed by atoms with E-state index < -0.39 is 0 Å². The number of benzene rings is 1. The molecular formula is C15H13N3O. The second-order valence-electron chi connectivity index (χ2n) is 4.49. The Morgan fingerprint density at radius 3 is 2.79 bits per heavy atom. The highest BCUT2D eigenvalue weighted by molar-refractivity contribution is 5.97. The molecular weight excluding hydrogens is 238 g/mol. The number of fused-ring (bicyclic) bond motifs is 1. The van der Waals surface area contributed by atoms with Crippen LogP contribution in [-0.2, 0) is 0 Å². The quantitative estimate of drug-likeness (QED) is 0.712. The number of hydrogen-bond donors (Lipinski definition) is 1. The molecule has 0 saturated heterocycles. The number of carbonyl (C=O) groups excluding carboxylic acids is 1. The van der Waals surface area contributed by atoms with Crippen LogP contribution in [0.1, 0.15) is 23.2 Å². The van der Waals surface area contributed by atoms with E-state index in [1.165, 1.54) is 6.92 Å². The van der Waals surface area contributed by atoms with Crippen LogP contribution < -0.4 is 0 Å². The Bertz CT molecular complexity index is 774. The van der Waals surface area contributed by atoms with Gasteiger partial charge in [-0.15, -0.1) is 0 Å².